The molecule has 1 unspecified atom stereocenters. The fourth-order valence-electron chi connectivity index (χ4n) is 1.60. The van der Waals surface area contributed by atoms with Crippen LogP contribution in [0.5, 0.6) is 0 Å². The Bertz CT molecular complexity index is 295. The van der Waals surface area contributed by atoms with Crippen molar-refractivity contribution in [1.82, 2.24) is 5.32 Å². The average molecular weight is 243 g/mol. The molecule has 1 aromatic rings. The van der Waals surface area contributed by atoms with E-state index in [1.54, 1.807) is 11.3 Å². The Kier molecular flexibility index (Phi) is 5.98. The van der Waals surface area contributed by atoms with Crippen LogP contribution in [0.2, 0.25) is 0 Å². The highest BCUT2D eigenvalue weighted by atomic mass is 32.1. The van der Waals surface area contributed by atoms with E-state index in [0.717, 1.165) is 0 Å². The van der Waals surface area contributed by atoms with E-state index in [4.69, 9.17) is 9.47 Å². The summed E-state index contributed by atoms with van der Waals surface area (Å²) in [5.74, 6) is 0. The van der Waals surface area contributed by atoms with Crippen molar-refractivity contribution in [2.75, 3.05) is 20.3 Å². The van der Waals surface area contributed by atoms with Gasteiger partial charge in [0.25, 0.3) is 0 Å². The Morgan fingerprint density at radius 2 is 1.88 bits per heavy atom. The van der Waals surface area contributed by atoms with Crippen LogP contribution in [0.15, 0.2) is 12.1 Å². The number of rotatable bonds is 7. The smallest absolute Gasteiger partial charge is 0.177 e. The molecule has 0 aliphatic heterocycles. The van der Waals surface area contributed by atoms with Gasteiger partial charge in [-0.15, -0.1) is 11.3 Å². The Morgan fingerprint density at radius 3 is 2.25 bits per heavy atom. The van der Waals surface area contributed by atoms with Gasteiger partial charge in [-0.25, -0.2) is 0 Å². The van der Waals surface area contributed by atoms with Crippen LogP contribution in [0.3, 0.4) is 0 Å². The summed E-state index contributed by atoms with van der Waals surface area (Å²) < 4.78 is 11.2. The molecular formula is C12H21NO2S. The first-order chi connectivity index (χ1) is 7.72. The van der Waals surface area contributed by atoms with Gasteiger partial charge in [0, 0.05) is 23.0 Å². The molecule has 0 spiro atoms. The van der Waals surface area contributed by atoms with E-state index in [1.165, 1.54) is 9.75 Å². The van der Waals surface area contributed by atoms with Gasteiger partial charge >= 0.3 is 0 Å². The lowest BCUT2D eigenvalue weighted by Crippen LogP contribution is -2.33. The standard InChI is InChI=1S/C12H21NO2S/c1-5-14-12(15-6-2)11(13-4)10-8-7-9(3)16-10/h7-8,11-13H,5-6H2,1-4H3. The molecule has 0 bridgehead atoms. The normalized spacial score (nSPS) is 13.3. The predicted octanol–water partition coefficient (Wildman–Crippen LogP) is 2.72. The van der Waals surface area contributed by atoms with Gasteiger partial charge in [-0.2, -0.15) is 0 Å². The quantitative estimate of drug-likeness (QED) is 0.747. The molecule has 0 saturated heterocycles. The molecule has 92 valence electrons. The van der Waals surface area contributed by atoms with Crippen molar-refractivity contribution in [2.24, 2.45) is 0 Å². The zero-order chi connectivity index (χ0) is 12.0. The van der Waals surface area contributed by atoms with E-state index in [-0.39, 0.29) is 12.3 Å². The molecule has 0 saturated carbocycles. The third-order valence-corrected chi connectivity index (χ3v) is 3.40. The van der Waals surface area contributed by atoms with E-state index in [9.17, 15) is 0 Å². The van der Waals surface area contributed by atoms with Crippen LogP contribution in [-0.2, 0) is 9.47 Å². The number of hydrogen-bond acceptors (Lipinski definition) is 4. The van der Waals surface area contributed by atoms with Gasteiger partial charge in [0.15, 0.2) is 6.29 Å². The van der Waals surface area contributed by atoms with Crippen molar-refractivity contribution in [3.8, 4) is 0 Å². The zero-order valence-electron chi connectivity index (χ0n) is 10.4. The Morgan fingerprint density at radius 1 is 1.25 bits per heavy atom. The lowest BCUT2D eigenvalue weighted by Gasteiger charge is -2.25. The summed E-state index contributed by atoms with van der Waals surface area (Å²) in [6.45, 7) is 7.40. The van der Waals surface area contributed by atoms with E-state index in [0.29, 0.717) is 13.2 Å². The van der Waals surface area contributed by atoms with Crippen LogP contribution in [0, 0.1) is 6.92 Å². The number of nitrogens with one attached hydrogen (secondary N) is 1. The van der Waals surface area contributed by atoms with E-state index in [2.05, 4.69) is 24.4 Å². The summed E-state index contributed by atoms with van der Waals surface area (Å²) in [5.41, 5.74) is 0. The highest BCUT2D eigenvalue weighted by molar-refractivity contribution is 7.12. The molecule has 1 rings (SSSR count). The summed E-state index contributed by atoms with van der Waals surface area (Å²) in [4.78, 5) is 2.56. The van der Waals surface area contributed by atoms with Crippen LogP contribution >= 0.6 is 11.3 Å². The van der Waals surface area contributed by atoms with Crippen LogP contribution in [0.4, 0.5) is 0 Å². The van der Waals surface area contributed by atoms with Crippen molar-refractivity contribution in [1.29, 1.82) is 0 Å². The predicted molar refractivity (Wildman–Crippen MR) is 67.9 cm³/mol. The van der Waals surface area contributed by atoms with Crippen LogP contribution in [0.1, 0.15) is 29.6 Å². The largest absolute Gasteiger partial charge is 0.351 e. The van der Waals surface area contributed by atoms with Gasteiger partial charge in [0.2, 0.25) is 0 Å². The number of aryl methyl sites for hydroxylation is 1. The summed E-state index contributed by atoms with van der Waals surface area (Å²) in [6.07, 6.45) is -0.210. The van der Waals surface area contributed by atoms with Crippen molar-refractivity contribution >= 4 is 11.3 Å². The molecule has 3 nitrogen and oxygen atoms in total. The first-order valence-electron chi connectivity index (χ1n) is 5.69. The van der Waals surface area contributed by atoms with Gasteiger partial charge in [-0.3, -0.25) is 0 Å². The number of ether oxygens (including phenoxy) is 2. The minimum atomic E-state index is -0.210. The average Bonchev–Trinajstić information content (AvgIpc) is 2.67. The van der Waals surface area contributed by atoms with Gasteiger partial charge in [0.1, 0.15) is 0 Å². The van der Waals surface area contributed by atoms with Crippen LogP contribution < -0.4 is 5.32 Å². The lowest BCUT2D eigenvalue weighted by molar-refractivity contribution is -0.153. The Balaban J connectivity index is 2.76. The fraction of sp³-hybridized carbons (Fsp3) is 0.667. The molecule has 1 N–H and O–H groups in total. The molecule has 1 heterocycles. The van der Waals surface area contributed by atoms with Crippen LogP contribution in [-0.4, -0.2) is 26.6 Å². The van der Waals surface area contributed by atoms with Gasteiger partial charge in [0.05, 0.1) is 6.04 Å². The SMILES string of the molecule is CCOC(OCC)C(NC)c1ccc(C)s1. The number of likely N-dealkylation sites (N-methyl/N-ethyl adjacent to an activating group) is 1. The molecule has 0 radical (unpaired) electrons. The second-order valence-electron chi connectivity index (χ2n) is 3.49. The molecule has 0 aliphatic rings. The van der Waals surface area contributed by atoms with E-state index in [1.807, 2.05) is 20.9 Å². The molecule has 1 atom stereocenters. The lowest BCUT2D eigenvalue weighted by atomic mass is 10.2. The molecule has 1 aromatic heterocycles. The van der Waals surface area contributed by atoms with E-state index < -0.39 is 0 Å². The zero-order valence-corrected chi connectivity index (χ0v) is 11.3. The maximum atomic E-state index is 5.62. The summed E-state index contributed by atoms with van der Waals surface area (Å²) in [6, 6.07) is 4.37. The molecule has 4 heteroatoms. The fourth-order valence-corrected chi connectivity index (χ4v) is 2.60. The Labute approximate surface area is 102 Å². The van der Waals surface area contributed by atoms with Crippen molar-refractivity contribution < 1.29 is 9.47 Å². The number of thiophene rings is 1. The first kappa shape index (κ1) is 13.6. The topological polar surface area (TPSA) is 30.5 Å². The van der Waals surface area contributed by atoms with Crippen molar-refractivity contribution in [3.05, 3.63) is 21.9 Å². The minimum absolute atomic E-state index is 0.110. The Hall–Kier alpha value is -0.420. The number of hydrogen-bond donors (Lipinski definition) is 1. The second kappa shape index (κ2) is 7.01. The third kappa shape index (κ3) is 3.56. The van der Waals surface area contributed by atoms with Gasteiger partial charge < -0.3 is 14.8 Å². The molecular weight excluding hydrogens is 222 g/mol. The van der Waals surface area contributed by atoms with Gasteiger partial charge in [-0.05, 0) is 40.0 Å². The highest BCUT2D eigenvalue weighted by Crippen LogP contribution is 2.26. The molecule has 0 aromatic carbocycles. The second-order valence-corrected chi connectivity index (χ2v) is 4.81. The van der Waals surface area contributed by atoms with Gasteiger partial charge in [-0.1, -0.05) is 0 Å². The summed E-state index contributed by atoms with van der Waals surface area (Å²) >= 11 is 1.78. The molecule has 0 fully saturated rings. The summed E-state index contributed by atoms with van der Waals surface area (Å²) in [7, 11) is 1.94. The maximum Gasteiger partial charge on any atom is 0.177 e. The van der Waals surface area contributed by atoms with E-state index >= 15 is 0 Å². The summed E-state index contributed by atoms with van der Waals surface area (Å²) in [5, 5.41) is 3.26. The molecule has 0 amide bonds. The van der Waals surface area contributed by atoms with Crippen LogP contribution in [0.25, 0.3) is 0 Å². The monoisotopic (exact) mass is 243 g/mol. The van der Waals surface area contributed by atoms with Crippen molar-refractivity contribution in [2.45, 2.75) is 33.1 Å². The third-order valence-electron chi connectivity index (χ3n) is 2.31. The first-order valence-corrected chi connectivity index (χ1v) is 6.51. The van der Waals surface area contributed by atoms with Crippen molar-refractivity contribution in [3.63, 3.8) is 0 Å². The highest BCUT2D eigenvalue weighted by Gasteiger charge is 2.23. The molecule has 16 heavy (non-hydrogen) atoms. The maximum absolute atomic E-state index is 5.62. The molecule has 0 aliphatic carbocycles. The minimum Gasteiger partial charge on any atom is -0.351 e.